The zero-order chi connectivity index (χ0) is 9.84. The lowest BCUT2D eigenvalue weighted by Gasteiger charge is -2.00. The van der Waals surface area contributed by atoms with Gasteiger partial charge in [-0.1, -0.05) is 4.49 Å². The SMILES string of the molecule is Cl.Nc1snnc1C(=O)NCC(F)F. The number of aromatic nitrogens is 2. The summed E-state index contributed by atoms with van der Waals surface area (Å²) < 4.78 is 26.7. The molecule has 1 aromatic rings. The summed E-state index contributed by atoms with van der Waals surface area (Å²) >= 11 is 0.835. The van der Waals surface area contributed by atoms with Crippen molar-refractivity contribution in [3.63, 3.8) is 0 Å². The minimum Gasteiger partial charge on any atom is -0.387 e. The van der Waals surface area contributed by atoms with Crippen LogP contribution >= 0.6 is 23.9 Å². The Hall–Kier alpha value is -1.02. The maximum absolute atomic E-state index is 11.7. The smallest absolute Gasteiger partial charge is 0.275 e. The molecule has 0 atom stereocenters. The third kappa shape index (κ3) is 3.38. The quantitative estimate of drug-likeness (QED) is 0.813. The summed E-state index contributed by atoms with van der Waals surface area (Å²) in [6.45, 7) is -0.712. The molecule has 80 valence electrons. The van der Waals surface area contributed by atoms with Gasteiger partial charge in [-0.2, -0.15) is 0 Å². The topological polar surface area (TPSA) is 80.9 Å². The number of nitrogens with one attached hydrogen (secondary N) is 1. The lowest BCUT2D eigenvalue weighted by atomic mass is 10.4. The molecular weight excluding hydrogens is 238 g/mol. The van der Waals surface area contributed by atoms with E-state index in [0.29, 0.717) is 0 Å². The van der Waals surface area contributed by atoms with Crippen LogP contribution in [0.1, 0.15) is 10.5 Å². The Kier molecular flexibility index (Phi) is 5.24. The first-order valence-electron chi connectivity index (χ1n) is 3.25. The number of carbonyl (C=O) groups excluding carboxylic acids is 1. The van der Waals surface area contributed by atoms with E-state index in [-0.39, 0.29) is 23.1 Å². The van der Waals surface area contributed by atoms with Gasteiger partial charge in [-0.25, -0.2) is 8.78 Å². The molecule has 0 aromatic carbocycles. The molecule has 14 heavy (non-hydrogen) atoms. The summed E-state index contributed by atoms with van der Waals surface area (Å²) in [5, 5.41) is 5.46. The van der Waals surface area contributed by atoms with E-state index in [0.717, 1.165) is 11.5 Å². The molecule has 1 rings (SSSR count). The molecule has 0 saturated heterocycles. The van der Waals surface area contributed by atoms with Crippen LogP contribution in [0.4, 0.5) is 13.8 Å². The summed E-state index contributed by atoms with van der Waals surface area (Å²) in [6, 6.07) is 0. The van der Waals surface area contributed by atoms with Crippen molar-refractivity contribution >= 4 is 34.8 Å². The zero-order valence-electron chi connectivity index (χ0n) is 6.74. The number of nitrogens with two attached hydrogens (primary N) is 1. The number of hydrogen-bond donors (Lipinski definition) is 2. The maximum Gasteiger partial charge on any atom is 0.275 e. The number of halogens is 3. The average molecular weight is 245 g/mol. The van der Waals surface area contributed by atoms with Crippen molar-refractivity contribution in [3.8, 4) is 0 Å². The number of anilines is 1. The first-order chi connectivity index (χ1) is 6.11. The third-order valence-electron chi connectivity index (χ3n) is 1.15. The van der Waals surface area contributed by atoms with E-state index < -0.39 is 18.9 Å². The van der Waals surface area contributed by atoms with Gasteiger partial charge in [-0.3, -0.25) is 4.79 Å². The molecule has 5 nitrogen and oxygen atoms in total. The van der Waals surface area contributed by atoms with Crippen LogP contribution in [0, 0.1) is 0 Å². The molecule has 9 heteroatoms. The van der Waals surface area contributed by atoms with Gasteiger partial charge in [0.15, 0.2) is 5.69 Å². The van der Waals surface area contributed by atoms with Gasteiger partial charge in [0, 0.05) is 11.5 Å². The molecule has 0 bridgehead atoms. The first kappa shape index (κ1) is 13.0. The normalized spacial score (nSPS) is 9.64. The van der Waals surface area contributed by atoms with Gasteiger partial charge in [0.1, 0.15) is 5.00 Å². The summed E-state index contributed by atoms with van der Waals surface area (Å²) in [5.74, 6) is -0.730. The lowest BCUT2D eigenvalue weighted by molar-refractivity contribution is 0.0888. The average Bonchev–Trinajstić information content (AvgIpc) is 2.47. The van der Waals surface area contributed by atoms with Gasteiger partial charge < -0.3 is 11.1 Å². The molecule has 0 aliphatic heterocycles. The summed E-state index contributed by atoms with van der Waals surface area (Å²) in [5.41, 5.74) is 5.19. The van der Waals surface area contributed by atoms with Crippen LogP contribution < -0.4 is 11.1 Å². The van der Waals surface area contributed by atoms with Crippen LogP contribution in [0.15, 0.2) is 0 Å². The highest BCUT2D eigenvalue weighted by molar-refractivity contribution is 7.10. The van der Waals surface area contributed by atoms with Crippen LogP contribution in [-0.2, 0) is 0 Å². The molecule has 1 aromatic heterocycles. The van der Waals surface area contributed by atoms with Crippen molar-refractivity contribution < 1.29 is 13.6 Å². The molecule has 1 amide bonds. The number of amides is 1. The minimum absolute atomic E-state index is 0. The molecule has 0 unspecified atom stereocenters. The Morgan fingerprint density at radius 1 is 1.64 bits per heavy atom. The van der Waals surface area contributed by atoms with Crippen LogP contribution in [0.5, 0.6) is 0 Å². The third-order valence-corrected chi connectivity index (χ3v) is 1.70. The molecule has 0 spiro atoms. The van der Waals surface area contributed by atoms with Gasteiger partial charge in [-0.15, -0.1) is 17.5 Å². The van der Waals surface area contributed by atoms with Gasteiger partial charge in [0.2, 0.25) is 0 Å². The number of nitrogens with zero attached hydrogens (tertiary/aromatic N) is 2. The van der Waals surface area contributed by atoms with Crippen molar-refractivity contribution in [1.29, 1.82) is 0 Å². The first-order valence-corrected chi connectivity index (χ1v) is 4.02. The van der Waals surface area contributed by atoms with Gasteiger partial charge in [0.25, 0.3) is 12.3 Å². The predicted octanol–water partition coefficient (Wildman–Crippen LogP) is 0.537. The van der Waals surface area contributed by atoms with Crippen molar-refractivity contribution in [1.82, 2.24) is 14.9 Å². The van der Waals surface area contributed by atoms with Gasteiger partial charge in [0.05, 0.1) is 6.54 Å². The van der Waals surface area contributed by atoms with E-state index >= 15 is 0 Å². The highest BCUT2D eigenvalue weighted by Gasteiger charge is 2.15. The van der Waals surface area contributed by atoms with Crippen LogP contribution in [0.3, 0.4) is 0 Å². The Morgan fingerprint density at radius 3 is 2.71 bits per heavy atom. The predicted molar refractivity (Wildman–Crippen MR) is 49.9 cm³/mol. The fourth-order valence-electron chi connectivity index (χ4n) is 0.609. The molecule has 3 N–H and O–H groups in total. The van der Waals surface area contributed by atoms with Crippen LogP contribution in [0.2, 0.25) is 0 Å². The Balaban J connectivity index is 0.00000169. The fraction of sp³-hybridized carbons (Fsp3) is 0.400. The Bertz CT molecular complexity index is 308. The van der Waals surface area contributed by atoms with Crippen molar-refractivity contribution in [3.05, 3.63) is 5.69 Å². The van der Waals surface area contributed by atoms with E-state index in [1.807, 2.05) is 5.32 Å². The van der Waals surface area contributed by atoms with E-state index in [1.165, 1.54) is 0 Å². The number of alkyl halides is 2. The number of nitrogen functional groups attached to an aromatic ring is 1. The number of rotatable bonds is 3. The second-order valence-corrected chi connectivity index (χ2v) is 2.87. The van der Waals surface area contributed by atoms with Crippen LogP contribution in [0.25, 0.3) is 0 Å². The van der Waals surface area contributed by atoms with Gasteiger partial charge in [-0.05, 0) is 0 Å². The second-order valence-electron chi connectivity index (χ2n) is 2.09. The van der Waals surface area contributed by atoms with E-state index in [4.69, 9.17) is 5.73 Å². The molecule has 0 saturated carbocycles. The van der Waals surface area contributed by atoms with E-state index in [2.05, 4.69) is 9.59 Å². The highest BCUT2D eigenvalue weighted by atomic mass is 35.5. The molecule has 0 aliphatic rings. The van der Waals surface area contributed by atoms with Crippen molar-refractivity contribution in [2.45, 2.75) is 6.43 Å². The largest absolute Gasteiger partial charge is 0.387 e. The Morgan fingerprint density at radius 2 is 2.29 bits per heavy atom. The second kappa shape index (κ2) is 5.66. The molecule has 0 aliphatic carbocycles. The number of hydrogen-bond acceptors (Lipinski definition) is 5. The summed E-state index contributed by atoms with van der Waals surface area (Å²) in [4.78, 5) is 11.0. The van der Waals surface area contributed by atoms with Crippen molar-refractivity contribution in [2.24, 2.45) is 0 Å². The minimum atomic E-state index is -2.59. The van der Waals surface area contributed by atoms with E-state index in [1.54, 1.807) is 0 Å². The van der Waals surface area contributed by atoms with Crippen LogP contribution in [-0.4, -0.2) is 28.5 Å². The summed E-state index contributed by atoms with van der Waals surface area (Å²) in [7, 11) is 0. The maximum atomic E-state index is 11.7. The standard InChI is InChI=1S/C5H6F2N4OS.ClH/c6-2(7)1-9-5(12)3-4(8)13-11-10-3;/h2H,1,8H2,(H,9,12);1H. The monoisotopic (exact) mass is 244 g/mol. The van der Waals surface area contributed by atoms with E-state index in [9.17, 15) is 13.6 Å². The number of carbonyl (C=O) groups is 1. The lowest BCUT2D eigenvalue weighted by Crippen LogP contribution is -2.29. The zero-order valence-corrected chi connectivity index (χ0v) is 8.37. The molecule has 0 radical (unpaired) electrons. The molecule has 0 fully saturated rings. The van der Waals surface area contributed by atoms with Gasteiger partial charge >= 0.3 is 0 Å². The highest BCUT2D eigenvalue weighted by Crippen LogP contribution is 2.11. The Labute approximate surface area is 88.3 Å². The molecule has 1 heterocycles. The fourth-order valence-corrected chi connectivity index (χ4v) is 1.04. The summed E-state index contributed by atoms with van der Waals surface area (Å²) in [6.07, 6.45) is -2.59. The molecular formula is C5H7ClF2N4OS. The van der Waals surface area contributed by atoms with Crippen molar-refractivity contribution in [2.75, 3.05) is 12.3 Å².